The largest absolute Gasteiger partial charge is 0.497 e. The fourth-order valence-electron chi connectivity index (χ4n) is 2.04. The number of aromatic nitrogens is 2. The first-order chi connectivity index (χ1) is 10.0. The number of nitrogens with zero attached hydrogens (tertiary/aromatic N) is 2. The van der Waals surface area contributed by atoms with Crippen molar-refractivity contribution in [3.8, 4) is 5.75 Å². The van der Waals surface area contributed by atoms with Crippen LogP contribution in [0.3, 0.4) is 0 Å². The summed E-state index contributed by atoms with van der Waals surface area (Å²) in [6.45, 7) is 2.06. The Hall–Kier alpha value is -2.77. The highest BCUT2D eigenvalue weighted by Gasteiger charge is 2.13. The summed E-state index contributed by atoms with van der Waals surface area (Å²) >= 11 is 0. The number of fused-ring (bicyclic) bond motifs is 3. The molecule has 21 heavy (non-hydrogen) atoms. The van der Waals surface area contributed by atoms with Gasteiger partial charge >= 0.3 is 11.9 Å². The molecule has 0 amide bonds. The van der Waals surface area contributed by atoms with Gasteiger partial charge in [-0.15, -0.1) is 0 Å². The first-order valence-corrected chi connectivity index (χ1v) is 6.27. The minimum Gasteiger partial charge on any atom is -0.497 e. The zero-order valence-electron chi connectivity index (χ0n) is 11.4. The molecule has 0 unspecified atom stereocenters. The van der Waals surface area contributed by atoms with Crippen LogP contribution in [0.1, 0.15) is 6.42 Å². The predicted molar refractivity (Wildman–Crippen MR) is 74.7 cm³/mol. The number of carbonyl (C=O) groups is 2. The van der Waals surface area contributed by atoms with Gasteiger partial charge in [-0.3, -0.25) is 0 Å². The van der Waals surface area contributed by atoms with Crippen molar-refractivity contribution >= 4 is 28.9 Å². The van der Waals surface area contributed by atoms with E-state index in [4.69, 9.17) is 24.5 Å². The lowest BCUT2D eigenvalue weighted by Crippen LogP contribution is -2.16. The first-order valence-electron chi connectivity index (χ1n) is 6.27. The van der Waals surface area contributed by atoms with Crippen molar-refractivity contribution in [1.82, 2.24) is 9.55 Å². The zero-order chi connectivity index (χ0) is 15.4. The monoisotopic (exact) mass is 293 g/mol. The molecule has 1 aromatic heterocycles. The van der Waals surface area contributed by atoms with Crippen LogP contribution in [-0.4, -0.2) is 45.4 Å². The number of anilines is 1. The fraction of sp³-hybridized carbons (Fsp3) is 0.308. The minimum absolute atomic E-state index is 0.859. The average molecular weight is 293 g/mol. The smallest absolute Gasteiger partial charge is 0.414 e. The average Bonchev–Trinajstić information content (AvgIpc) is 2.85. The van der Waals surface area contributed by atoms with E-state index >= 15 is 0 Å². The number of methoxy groups -OCH3 is 1. The second-order valence-corrected chi connectivity index (χ2v) is 4.33. The van der Waals surface area contributed by atoms with Crippen LogP contribution < -0.4 is 10.1 Å². The third-order valence-electron chi connectivity index (χ3n) is 2.98. The van der Waals surface area contributed by atoms with Crippen molar-refractivity contribution < 1.29 is 24.5 Å². The molecule has 0 atom stereocenters. The molecule has 0 saturated heterocycles. The number of carboxylic acids is 2. The molecule has 0 radical (unpaired) electrons. The summed E-state index contributed by atoms with van der Waals surface area (Å²) in [5.74, 6) is -1.81. The highest BCUT2D eigenvalue weighted by Crippen LogP contribution is 2.25. The van der Waals surface area contributed by atoms with Gasteiger partial charge < -0.3 is 24.8 Å². The Labute approximate surface area is 120 Å². The molecule has 1 aromatic carbocycles. The number of rotatable bonds is 1. The predicted octanol–water partition coefficient (Wildman–Crippen LogP) is 1.02. The van der Waals surface area contributed by atoms with Crippen LogP contribution in [0.15, 0.2) is 18.2 Å². The second-order valence-electron chi connectivity index (χ2n) is 4.33. The van der Waals surface area contributed by atoms with Gasteiger partial charge in [0, 0.05) is 19.2 Å². The molecule has 0 fully saturated rings. The van der Waals surface area contributed by atoms with Gasteiger partial charge in [0.1, 0.15) is 5.75 Å². The molecule has 3 N–H and O–H groups in total. The van der Waals surface area contributed by atoms with E-state index in [9.17, 15) is 0 Å². The van der Waals surface area contributed by atoms with Crippen LogP contribution >= 0.6 is 0 Å². The molecule has 1 aliphatic rings. The van der Waals surface area contributed by atoms with Gasteiger partial charge in [-0.25, -0.2) is 14.6 Å². The summed E-state index contributed by atoms with van der Waals surface area (Å²) in [6.07, 6.45) is 1.16. The highest BCUT2D eigenvalue weighted by atomic mass is 16.5. The lowest BCUT2D eigenvalue weighted by Gasteiger charge is -2.15. The number of aliphatic carboxylic acids is 2. The number of benzene rings is 1. The third-order valence-corrected chi connectivity index (χ3v) is 2.98. The van der Waals surface area contributed by atoms with E-state index in [1.165, 1.54) is 5.52 Å². The molecule has 0 spiro atoms. The van der Waals surface area contributed by atoms with Crippen LogP contribution in [0.5, 0.6) is 5.75 Å². The maximum Gasteiger partial charge on any atom is 0.414 e. The molecular weight excluding hydrogens is 278 g/mol. The van der Waals surface area contributed by atoms with Crippen molar-refractivity contribution in [2.45, 2.75) is 13.0 Å². The topological polar surface area (TPSA) is 114 Å². The molecule has 1 aliphatic heterocycles. The summed E-state index contributed by atoms with van der Waals surface area (Å²) in [5, 5.41) is 18.1. The summed E-state index contributed by atoms with van der Waals surface area (Å²) in [4.78, 5) is 22.7. The van der Waals surface area contributed by atoms with Crippen molar-refractivity contribution in [1.29, 1.82) is 0 Å². The van der Waals surface area contributed by atoms with E-state index < -0.39 is 11.9 Å². The Kier molecular flexibility index (Phi) is 4.27. The lowest BCUT2D eigenvalue weighted by atomic mass is 10.3. The first kappa shape index (κ1) is 14.6. The summed E-state index contributed by atoms with van der Waals surface area (Å²) in [5.41, 5.74) is 2.18. The van der Waals surface area contributed by atoms with Gasteiger partial charge in [-0.05, 0) is 18.6 Å². The van der Waals surface area contributed by atoms with Gasteiger partial charge in [0.25, 0.3) is 0 Å². The van der Waals surface area contributed by atoms with Crippen molar-refractivity contribution in [2.24, 2.45) is 0 Å². The Balaban J connectivity index is 0.000000232. The van der Waals surface area contributed by atoms with E-state index in [-0.39, 0.29) is 0 Å². The number of ether oxygens (including phenoxy) is 1. The molecule has 2 heterocycles. The number of carboxylic acid groups (broad SMARTS) is 2. The molecule has 8 heteroatoms. The quantitative estimate of drug-likeness (QED) is 0.672. The summed E-state index contributed by atoms with van der Waals surface area (Å²) in [7, 11) is 1.68. The van der Waals surface area contributed by atoms with E-state index in [2.05, 4.69) is 20.9 Å². The Bertz CT molecular complexity index is 668. The number of hydrogen-bond acceptors (Lipinski definition) is 5. The molecule has 8 nitrogen and oxygen atoms in total. The number of nitrogens with one attached hydrogen (secondary N) is 1. The van der Waals surface area contributed by atoms with Crippen molar-refractivity contribution in [3.05, 3.63) is 18.2 Å². The van der Waals surface area contributed by atoms with E-state index in [1.54, 1.807) is 7.11 Å². The standard InChI is InChI=1S/C11H13N3O.C2H2O4/c1-15-8-3-4-10-9(7-8)13-11-12-5-2-6-14(10)11;3-1(4)2(5)6/h3-4,7H,2,5-6H2,1H3,(H,12,13);(H,3,4)(H,5,6). The van der Waals surface area contributed by atoms with Crippen LogP contribution in [0.2, 0.25) is 0 Å². The van der Waals surface area contributed by atoms with Gasteiger partial charge in [0.2, 0.25) is 5.95 Å². The van der Waals surface area contributed by atoms with Crippen LogP contribution in [0, 0.1) is 0 Å². The number of imidazole rings is 1. The highest BCUT2D eigenvalue weighted by molar-refractivity contribution is 6.27. The number of aryl methyl sites for hydroxylation is 1. The molecule has 3 rings (SSSR count). The van der Waals surface area contributed by atoms with Crippen molar-refractivity contribution in [3.63, 3.8) is 0 Å². The van der Waals surface area contributed by atoms with Crippen LogP contribution in [0.25, 0.3) is 11.0 Å². The lowest BCUT2D eigenvalue weighted by molar-refractivity contribution is -0.159. The summed E-state index contributed by atoms with van der Waals surface area (Å²) < 4.78 is 7.41. The molecule has 0 aliphatic carbocycles. The zero-order valence-corrected chi connectivity index (χ0v) is 11.4. The van der Waals surface area contributed by atoms with Gasteiger partial charge in [-0.2, -0.15) is 0 Å². The molecule has 0 saturated carbocycles. The molecular formula is C13H15N3O5. The maximum atomic E-state index is 9.10. The Morgan fingerprint density at radius 1 is 1.33 bits per heavy atom. The van der Waals surface area contributed by atoms with Crippen molar-refractivity contribution in [2.75, 3.05) is 19.0 Å². The minimum atomic E-state index is -1.82. The Morgan fingerprint density at radius 3 is 2.67 bits per heavy atom. The molecule has 0 bridgehead atoms. The second kappa shape index (κ2) is 6.12. The van der Waals surface area contributed by atoms with Crippen LogP contribution in [0.4, 0.5) is 5.95 Å². The molecule has 2 aromatic rings. The maximum absolute atomic E-state index is 9.10. The van der Waals surface area contributed by atoms with E-state index in [1.807, 2.05) is 12.1 Å². The van der Waals surface area contributed by atoms with E-state index in [0.717, 1.165) is 36.7 Å². The molecule has 112 valence electrons. The van der Waals surface area contributed by atoms with Gasteiger partial charge in [-0.1, -0.05) is 0 Å². The number of hydrogen-bond donors (Lipinski definition) is 3. The third kappa shape index (κ3) is 3.22. The van der Waals surface area contributed by atoms with Gasteiger partial charge in [0.15, 0.2) is 0 Å². The SMILES string of the molecule is COc1ccc2c(c1)nc1n2CCCN1.O=C(O)C(=O)O. The normalized spacial score (nSPS) is 12.6. The Morgan fingerprint density at radius 2 is 2.05 bits per heavy atom. The van der Waals surface area contributed by atoms with Crippen LogP contribution in [-0.2, 0) is 16.1 Å². The van der Waals surface area contributed by atoms with E-state index in [0.29, 0.717) is 0 Å². The summed E-state index contributed by atoms with van der Waals surface area (Å²) in [6, 6.07) is 6.02. The van der Waals surface area contributed by atoms with Gasteiger partial charge in [0.05, 0.1) is 18.1 Å². The fourth-order valence-corrected chi connectivity index (χ4v) is 2.04.